The van der Waals surface area contributed by atoms with Crippen molar-refractivity contribution >= 4 is 22.9 Å². The first-order valence-corrected chi connectivity index (χ1v) is 13.2. The summed E-state index contributed by atoms with van der Waals surface area (Å²) in [7, 11) is 0. The molecule has 0 aliphatic carbocycles. The number of thiophene rings is 1. The van der Waals surface area contributed by atoms with Crippen molar-refractivity contribution in [1.82, 2.24) is 20.1 Å². The third kappa shape index (κ3) is 4.21. The van der Waals surface area contributed by atoms with E-state index in [1.54, 1.807) is 6.20 Å². The van der Waals surface area contributed by atoms with Crippen molar-refractivity contribution in [1.29, 1.82) is 0 Å². The summed E-state index contributed by atoms with van der Waals surface area (Å²) in [4.78, 5) is 5.18. The molecule has 10 heteroatoms. The van der Waals surface area contributed by atoms with Gasteiger partial charge in [0.1, 0.15) is 12.2 Å². The number of hydrogen-bond acceptors (Lipinski definition) is 6. The zero-order valence-electron chi connectivity index (χ0n) is 19.4. The van der Waals surface area contributed by atoms with E-state index in [0.29, 0.717) is 35.0 Å². The number of aryl methyl sites for hydroxylation is 1. The second-order valence-electron chi connectivity index (χ2n) is 9.69. The maximum absolute atomic E-state index is 14.5. The summed E-state index contributed by atoms with van der Waals surface area (Å²) in [6.45, 7) is 2.83. The van der Waals surface area contributed by atoms with Gasteiger partial charge in [0.05, 0.1) is 16.1 Å². The van der Waals surface area contributed by atoms with Crippen molar-refractivity contribution in [3.63, 3.8) is 0 Å². The molecule has 3 aliphatic rings. The highest BCUT2D eigenvalue weighted by Crippen LogP contribution is 2.52. The number of ether oxygens (including phenoxy) is 2. The monoisotopic (exact) mass is 520 g/mol. The van der Waals surface area contributed by atoms with Crippen molar-refractivity contribution < 1.29 is 18.3 Å². The van der Waals surface area contributed by atoms with Crippen LogP contribution in [0.25, 0.3) is 5.82 Å². The molecule has 0 aromatic carbocycles. The summed E-state index contributed by atoms with van der Waals surface area (Å²) < 4.78 is 43.1. The van der Waals surface area contributed by atoms with Gasteiger partial charge in [-0.2, -0.15) is 13.9 Å². The summed E-state index contributed by atoms with van der Waals surface area (Å²) in [6.07, 6.45) is 7.82. The van der Waals surface area contributed by atoms with Crippen LogP contribution in [0.4, 0.5) is 8.78 Å². The van der Waals surface area contributed by atoms with Gasteiger partial charge >= 0.3 is 0 Å². The molecular weight excluding hydrogens is 494 g/mol. The molecule has 6 rings (SSSR count). The topological polar surface area (TPSA) is 61.2 Å². The highest BCUT2D eigenvalue weighted by Gasteiger charge is 2.52. The van der Waals surface area contributed by atoms with Crippen molar-refractivity contribution in [2.45, 2.75) is 62.7 Å². The second-order valence-corrected chi connectivity index (χ2v) is 11.4. The van der Waals surface area contributed by atoms with E-state index in [0.717, 1.165) is 42.1 Å². The van der Waals surface area contributed by atoms with Gasteiger partial charge in [-0.1, -0.05) is 17.7 Å². The number of pyridine rings is 1. The average molecular weight is 521 g/mol. The molecule has 6 heterocycles. The molecule has 1 N–H and O–H groups in total. The summed E-state index contributed by atoms with van der Waals surface area (Å²) in [6, 6.07) is 5.46. The van der Waals surface area contributed by atoms with E-state index in [4.69, 9.17) is 26.2 Å². The molecule has 2 saturated heterocycles. The number of rotatable bonds is 4. The minimum atomic E-state index is -3.01. The van der Waals surface area contributed by atoms with E-state index >= 15 is 0 Å². The minimum absolute atomic E-state index is 0.0280. The van der Waals surface area contributed by atoms with E-state index in [1.165, 1.54) is 17.4 Å². The zero-order valence-corrected chi connectivity index (χ0v) is 21.0. The van der Waals surface area contributed by atoms with Crippen LogP contribution in [-0.2, 0) is 27.4 Å². The fourth-order valence-electron chi connectivity index (χ4n) is 5.62. The number of aromatic nitrogens is 3. The minimum Gasteiger partial charge on any atom is -0.373 e. The van der Waals surface area contributed by atoms with Gasteiger partial charge in [-0.05, 0) is 63.3 Å². The Kier molecular flexibility index (Phi) is 5.96. The Bertz CT molecular complexity index is 1240. The maximum Gasteiger partial charge on any atom is 0.297 e. The fourth-order valence-corrected chi connectivity index (χ4v) is 7.08. The zero-order chi connectivity index (χ0) is 24.2. The van der Waals surface area contributed by atoms with E-state index in [2.05, 4.69) is 16.4 Å². The number of halogens is 3. The van der Waals surface area contributed by atoms with Crippen LogP contribution in [0.3, 0.4) is 0 Å². The van der Waals surface area contributed by atoms with Gasteiger partial charge in [-0.3, -0.25) is 0 Å². The number of piperidine rings is 1. The van der Waals surface area contributed by atoms with Gasteiger partial charge in [0.25, 0.3) is 5.92 Å². The molecule has 2 fully saturated rings. The Morgan fingerprint density at radius 3 is 3.09 bits per heavy atom. The standard InChI is InChI=1S/C25H27ClF2N4O2S/c1-15-16(13-32(31-15)23-18(4-2-7-30-23)20-5-3-9-33-20)10-17-12-24(6-8-29-17)22-19(11-21(26)35-22)25(27,28)14-34-24/h2,4,7,11,13,17,20,29H,3,5-6,8-10,12,14H2,1H3/t17-,20?,24?/m1/s1. The Labute approximate surface area is 211 Å². The summed E-state index contributed by atoms with van der Waals surface area (Å²) >= 11 is 7.40. The van der Waals surface area contributed by atoms with Crippen LogP contribution in [0.5, 0.6) is 0 Å². The van der Waals surface area contributed by atoms with Crippen LogP contribution in [0, 0.1) is 6.92 Å². The molecule has 2 unspecified atom stereocenters. The average Bonchev–Trinajstić information content (AvgIpc) is 3.59. The Morgan fingerprint density at radius 1 is 1.37 bits per heavy atom. The van der Waals surface area contributed by atoms with Gasteiger partial charge < -0.3 is 14.8 Å². The summed E-state index contributed by atoms with van der Waals surface area (Å²) in [5.41, 5.74) is 2.36. The fraction of sp³-hybridized carbons (Fsp3) is 0.520. The number of alkyl halides is 2. The molecule has 1 spiro atoms. The molecule has 0 radical (unpaired) electrons. The smallest absolute Gasteiger partial charge is 0.297 e. The lowest BCUT2D eigenvalue weighted by molar-refractivity contribution is -0.178. The van der Waals surface area contributed by atoms with Gasteiger partial charge in [0, 0.05) is 41.0 Å². The molecular formula is C25H27ClF2N4O2S. The van der Waals surface area contributed by atoms with E-state index in [1.807, 2.05) is 23.9 Å². The number of fused-ring (bicyclic) bond motifs is 2. The molecule has 3 aliphatic heterocycles. The first kappa shape index (κ1) is 23.5. The van der Waals surface area contributed by atoms with Crippen LogP contribution in [0.2, 0.25) is 4.34 Å². The number of nitrogens with one attached hydrogen (secondary N) is 1. The normalized spacial score (nSPS) is 27.9. The third-order valence-electron chi connectivity index (χ3n) is 7.35. The van der Waals surface area contributed by atoms with Gasteiger partial charge in [0.2, 0.25) is 0 Å². The molecule has 0 amide bonds. The second kappa shape index (κ2) is 8.88. The maximum atomic E-state index is 14.5. The van der Waals surface area contributed by atoms with Crippen LogP contribution >= 0.6 is 22.9 Å². The van der Waals surface area contributed by atoms with E-state index < -0.39 is 18.1 Å². The Morgan fingerprint density at radius 2 is 2.26 bits per heavy atom. The quantitative estimate of drug-likeness (QED) is 0.495. The van der Waals surface area contributed by atoms with Gasteiger partial charge in [0.15, 0.2) is 5.82 Å². The predicted octanol–water partition coefficient (Wildman–Crippen LogP) is 5.45. The van der Waals surface area contributed by atoms with Crippen molar-refractivity contribution in [3.05, 3.63) is 62.2 Å². The molecule has 6 nitrogen and oxygen atoms in total. The van der Waals surface area contributed by atoms with Gasteiger partial charge in [-0.15, -0.1) is 11.3 Å². The van der Waals surface area contributed by atoms with Crippen LogP contribution in [-0.4, -0.2) is 40.6 Å². The molecule has 3 aromatic heterocycles. The predicted molar refractivity (Wildman–Crippen MR) is 130 cm³/mol. The largest absolute Gasteiger partial charge is 0.373 e. The van der Waals surface area contributed by atoms with Crippen LogP contribution in [0.15, 0.2) is 30.6 Å². The highest BCUT2D eigenvalue weighted by molar-refractivity contribution is 7.16. The van der Waals surface area contributed by atoms with Crippen molar-refractivity contribution in [2.24, 2.45) is 0 Å². The molecule has 186 valence electrons. The van der Waals surface area contributed by atoms with Crippen LogP contribution < -0.4 is 5.32 Å². The molecule has 35 heavy (non-hydrogen) atoms. The summed E-state index contributed by atoms with van der Waals surface area (Å²) in [5.74, 6) is -2.22. The highest BCUT2D eigenvalue weighted by atomic mass is 35.5. The lowest BCUT2D eigenvalue weighted by Gasteiger charge is -2.45. The first-order valence-electron chi connectivity index (χ1n) is 12.0. The molecule has 0 bridgehead atoms. The molecule has 0 saturated carbocycles. The van der Waals surface area contributed by atoms with E-state index in [9.17, 15) is 8.78 Å². The molecule has 3 atom stereocenters. The molecule has 3 aromatic rings. The summed E-state index contributed by atoms with van der Waals surface area (Å²) in [5, 5.41) is 8.33. The third-order valence-corrected chi connectivity index (χ3v) is 8.80. The lowest BCUT2D eigenvalue weighted by atomic mass is 9.80. The SMILES string of the molecule is Cc1nn(-c2ncccc2C2CCCO2)cc1C[C@@H]1CC2(CCN1)OCC(F)(F)c1cc(Cl)sc12. The Hall–Kier alpha value is -1.91. The van der Waals surface area contributed by atoms with E-state index in [-0.39, 0.29) is 17.7 Å². The number of hydrogen-bond donors (Lipinski definition) is 1. The van der Waals surface area contributed by atoms with Crippen molar-refractivity contribution in [3.8, 4) is 5.82 Å². The van der Waals surface area contributed by atoms with Gasteiger partial charge in [-0.25, -0.2) is 9.67 Å². The van der Waals surface area contributed by atoms with Crippen molar-refractivity contribution in [2.75, 3.05) is 19.8 Å². The first-order chi connectivity index (χ1) is 16.8. The lowest BCUT2D eigenvalue weighted by Crippen LogP contribution is -2.52. The Balaban J connectivity index is 1.26. The van der Waals surface area contributed by atoms with Crippen LogP contribution in [0.1, 0.15) is 59.0 Å². The number of nitrogens with zero attached hydrogens (tertiary/aromatic N) is 3.